The highest BCUT2D eigenvalue weighted by atomic mass is 19.4. The summed E-state index contributed by atoms with van der Waals surface area (Å²) >= 11 is 0. The Kier molecular flexibility index (Phi) is 6.47. The third-order valence-electron chi connectivity index (χ3n) is 7.44. The lowest BCUT2D eigenvalue weighted by atomic mass is 9.82. The molecule has 0 saturated heterocycles. The van der Waals surface area contributed by atoms with Crippen LogP contribution in [0, 0.1) is 18.8 Å². The van der Waals surface area contributed by atoms with E-state index in [-0.39, 0.29) is 30.5 Å². The van der Waals surface area contributed by atoms with E-state index in [1.54, 1.807) is 16.8 Å². The van der Waals surface area contributed by atoms with Gasteiger partial charge in [0, 0.05) is 29.1 Å². The molecule has 4 aromatic rings. The number of hydrogen-bond acceptors (Lipinski definition) is 3. The molecule has 9 heteroatoms. The van der Waals surface area contributed by atoms with Crippen molar-refractivity contribution in [3.05, 3.63) is 71.1 Å². The maximum Gasteiger partial charge on any atom is 0.416 e. The number of aromatic nitrogens is 1. The van der Waals surface area contributed by atoms with E-state index >= 15 is 0 Å². The molecule has 1 fully saturated rings. The van der Waals surface area contributed by atoms with Gasteiger partial charge < -0.3 is 19.4 Å². The Balaban J connectivity index is 1.45. The van der Waals surface area contributed by atoms with Gasteiger partial charge in [-0.1, -0.05) is 18.2 Å². The van der Waals surface area contributed by atoms with Gasteiger partial charge in [-0.2, -0.15) is 13.2 Å². The van der Waals surface area contributed by atoms with Crippen molar-refractivity contribution in [2.24, 2.45) is 11.8 Å². The van der Waals surface area contributed by atoms with Crippen LogP contribution in [0.3, 0.4) is 0 Å². The van der Waals surface area contributed by atoms with E-state index < -0.39 is 23.6 Å². The second kappa shape index (κ2) is 9.61. The van der Waals surface area contributed by atoms with Crippen LogP contribution in [0.2, 0.25) is 0 Å². The molecule has 5 rings (SSSR count). The number of rotatable bonds is 6. The Morgan fingerprint density at radius 2 is 1.84 bits per heavy atom. The Bertz CT molecular complexity index is 1480. The number of carbonyl (C=O) groups excluding carboxylic acids is 1. The minimum Gasteiger partial charge on any atom is -0.481 e. The van der Waals surface area contributed by atoms with Crippen molar-refractivity contribution in [1.29, 1.82) is 0 Å². The molecule has 0 unspecified atom stereocenters. The van der Waals surface area contributed by atoms with E-state index in [0.29, 0.717) is 42.3 Å². The zero-order valence-electron chi connectivity index (χ0n) is 20.3. The number of benzene rings is 2. The largest absolute Gasteiger partial charge is 0.481 e. The minimum absolute atomic E-state index is 0.0530. The average Bonchev–Trinajstić information content (AvgIpc) is 3.42. The summed E-state index contributed by atoms with van der Waals surface area (Å²) in [5.41, 5.74) is 1.13. The van der Waals surface area contributed by atoms with Gasteiger partial charge >= 0.3 is 12.1 Å². The fourth-order valence-corrected chi connectivity index (χ4v) is 5.29. The molecule has 0 spiro atoms. The number of aryl methyl sites for hydroxylation is 1. The smallest absolute Gasteiger partial charge is 0.416 e. The minimum atomic E-state index is -4.60. The van der Waals surface area contributed by atoms with Crippen LogP contribution in [-0.4, -0.2) is 28.1 Å². The quantitative estimate of drug-likeness (QED) is 0.314. The molecule has 2 heterocycles. The van der Waals surface area contributed by atoms with Crippen LogP contribution >= 0.6 is 0 Å². The third-order valence-corrected chi connectivity index (χ3v) is 7.44. The predicted octanol–water partition coefficient (Wildman–Crippen LogP) is 6.38. The van der Waals surface area contributed by atoms with Crippen molar-refractivity contribution in [2.45, 2.75) is 45.3 Å². The van der Waals surface area contributed by atoms with Gasteiger partial charge in [0.1, 0.15) is 11.3 Å². The maximum atomic E-state index is 13.7. The summed E-state index contributed by atoms with van der Waals surface area (Å²) in [6, 6.07) is 11.1. The molecule has 6 nitrogen and oxygen atoms in total. The van der Waals surface area contributed by atoms with Crippen LogP contribution in [0.4, 0.5) is 13.2 Å². The number of carboxylic acids is 1. The normalized spacial score (nSPS) is 18.4. The highest BCUT2D eigenvalue weighted by Crippen LogP contribution is 2.35. The maximum absolute atomic E-state index is 13.7. The Hall–Kier alpha value is -3.75. The molecular formula is C28H27F3N2O4. The summed E-state index contributed by atoms with van der Waals surface area (Å²) in [6.07, 6.45) is -0.572. The number of halogens is 3. The first kappa shape index (κ1) is 24.9. The van der Waals surface area contributed by atoms with E-state index in [9.17, 15) is 27.9 Å². The standard InChI is InChI=1S/C28H27F3N2O4/c1-16-21-4-2-3-5-23(21)37-24(16)15-33-11-10-19-12-20(28(29,30)31)13-22(25(19)33)26(34)32-14-17-6-8-18(9-7-17)27(35)36/h2-5,10-13,17-18H,6-9,14-15H2,1H3,(H,32,34)(H,35,36). The van der Waals surface area contributed by atoms with Gasteiger partial charge in [-0.15, -0.1) is 0 Å². The molecule has 0 atom stereocenters. The molecule has 0 radical (unpaired) electrons. The van der Waals surface area contributed by atoms with E-state index in [0.717, 1.165) is 28.7 Å². The molecule has 37 heavy (non-hydrogen) atoms. The lowest BCUT2D eigenvalue weighted by Crippen LogP contribution is -2.32. The number of para-hydroxylation sites is 1. The number of carbonyl (C=O) groups is 2. The van der Waals surface area contributed by atoms with E-state index in [1.165, 1.54) is 0 Å². The van der Waals surface area contributed by atoms with Crippen LogP contribution < -0.4 is 5.32 Å². The summed E-state index contributed by atoms with van der Waals surface area (Å²) in [6.45, 7) is 2.47. The third kappa shape index (κ3) is 4.95. The summed E-state index contributed by atoms with van der Waals surface area (Å²) in [5.74, 6) is -1.02. The Labute approximate surface area is 211 Å². The van der Waals surface area contributed by atoms with Gasteiger partial charge in [0.25, 0.3) is 5.91 Å². The number of nitrogens with zero attached hydrogens (tertiary/aromatic N) is 1. The number of amides is 1. The van der Waals surface area contributed by atoms with Gasteiger partial charge in [-0.3, -0.25) is 9.59 Å². The molecule has 0 bridgehead atoms. The van der Waals surface area contributed by atoms with Crippen molar-refractivity contribution in [2.75, 3.05) is 6.54 Å². The molecule has 1 amide bonds. The first-order chi connectivity index (χ1) is 17.6. The number of fused-ring (bicyclic) bond motifs is 2. The van der Waals surface area contributed by atoms with Gasteiger partial charge in [0.05, 0.1) is 29.1 Å². The van der Waals surface area contributed by atoms with Gasteiger partial charge in [-0.25, -0.2) is 0 Å². The zero-order chi connectivity index (χ0) is 26.3. The lowest BCUT2D eigenvalue weighted by Gasteiger charge is -2.26. The van der Waals surface area contributed by atoms with Crippen molar-refractivity contribution in [3.63, 3.8) is 0 Å². The van der Waals surface area contributed by atoms with Crippen LogP contribution in [0.1, 0.15) is 52.9 Å². The summed E-state index contributed by atoms with van der Waals surface area (Å²) in [4.78, 5) is 24.4. The fourth-order valence-electron chi connectivity index (χ4n) is 5.29. The zero-order valence-corrected chi connectivity index (χ0v) is 20.3. The van der Waals surface area contributed by atoms with Crippen LogP contribution in [-0.2, 0) is 17.5 Å². The Morgan fingerprint density at radius 1 is 1.11 bits per heavy atom. The number of alkyl halides is 3. The first-order valence-corrected chi connectivity index (χ1v) is 12.3. The van der Waals surface area contributed by atoms with E-state index in [2.05, 4.69) is 5.32 Å². The number of aliphatic carboxylic acids is 1. The fraction of sp³-hybridized carbons (Fsp3) is 0.357. The van der Waals surface area contributed by atoms with Gasteiger partial charge in [-0.05, 0) is 62.8 Å². The van der Waals surface area contributed by atoms with Crippen molar-refractivity contribution >= 4 is 33.7 Å². The molecular weight excluding hydrogens is 485 g/mol. The molecule has 1 aliphatic carbocycles. The van der Waals surface area contributed by atoms with Gasteiger partial charge in [0.15, 0.2) is 0 Å². The number of carboxylic acid groups (broad SMARTS) is 1. The molecule has 2 N–H and O–H groups in total. The van der Waals surface area contributed by atoms with E-state index in [4.69, 9.17) is 4.42 Å². The number of furan rings is 1. The van der Waals surface area contributed by atoms with Crippen LogP contribution in [0.25, 0.3) is 21.9 Å². The molecule has 2 aromatic carbocycles. The molecule has 2 aromatic heterocycles. The number of hydrogen-bond donors (Lipinski definition) is 2. The van der Waals surface area contributed by atoms with Crippen molar-refractivity contribution in [3.8, 4) is 0 Å². The predicted molar refractivity (Wildman–Crippen MR) is 132 cm³/mol. The molecule has 1 saturated carbocycles. The first-order valence-electron chi connectivity index (χ1n) is 12.3. The lowest BCUT2D eigenvalue weighted by molar-refractivity contribution is -0.143. The molecule has 0 aliphatic heterocycles. The highest BCUT2D eigenvalue weighted by molar-refractivity contribution is 6.06. The van der Waals surface area contributed by atoms with Crippen molar-refractivity contribution in [1.82, 2.24) is 9.88 Å². The SMILES string of the molecule is Cc1c(Cn2ccc3cc(C(F)(F)F)cc(C(=O)NCC4CCC(C(=O)O)CC4)c32)oc2ccccc12. The molecule has 194 valence electrons. The van der Waals surface area contributed by atoms with Gasteiger partial charge in [0.2, 0.25) is 0 Å². The summed E-state index contributed by atoms with van der Waals surface area (Å²) < 4.78 is 48.7. The summed E-state index contributed by atoms with van der Waals surface area (Å²) in [7, 11) is 0. The Morgan fingerprint density at radius 3 is 2.51 bits per heavy atom. The number of nitrogens with one attached hydrogen (secondary N) is 1. The second-order valence-electron chi connectivity index (χ2n) is 9.82. The van der Waals surface area contributed by atoms with Crippen molar-refractivity contribution < 1.29 is 32.3 Å². The summed E-state index contributed by atoms with van der Waals surface area (Å²) in [5, 5.41) is 13.3. The highest BCUT2D eigenvalue weighted by Gasteiger charge is 2.33. The topological polar surface area (TPSA) is 84.5 Å². The second-order valence-corrected chi connectivity index (χ2v) is 9.82. The monoisotopic (exact) mass is 512 g/mol. The van der Waals surface area contributed by atoms with Crippen LogP contribution in [0.5, 0.6) is 0 Å². The molecule has 1 aliphatic rings. The van der Waals surface area contributed by atoms with Crippen LogP contribution in [0.15, 0.2) is 53.1 Å². The average molecular weight is 513 g/mol. The van der Waals surface area contributed by atoms with E-state index in [1.807, 2.05) is 31.2 Å².